The van der Waals surface area contributed by atoms with Crippen molar-refractivity contribution >= 4 is 22.8 Å². The highest BCUT2D eigenvalue weighted by molar-refractivity contribution is 5.77. The minimum Gasteiger partial charge on any atom is -0.481 e. The Morgan fingerprint density at radius 1 is 1.21 bits per heavy atom. The first-order chi connectivity index (χ1) is 11.6. The topological polar surface area (TPSA) is 105 Å². The summed E-state index contributed by atoms with van der Waals surface area (Å²) < 4.78 is 1.20. The van der Waals surface area contributed by atoms with Crippen LogP contribution in [0, 0.1) is 5.92 Å². The van der Waals surface area contributed by atoms with Gasteiger partial charge in [0.25, 0.3) is 5.56 Å². The summed E-state index contributed by atoms with van der Waals surface area (Å²) in [5.74, 6) is -1.27. The normalized spacial score (nSPS) is 15.6. The van der Waals surface area contributed by atoms with Crippen molar-refractivity contribution in [3.05, 3.63) is 34.6 Å². The first-order valence-electron chi connectivity index (χ1n) is 7.89. The van der Waals surface area contributed by atoms with E-state index in [0.717, 1.165) is 0 Å². The summed E-state index contributed by atoms with van der Waals surface area (Å²) in [6.07, 6.45) is 1.08. The molecule has 0 aliphatic carbocycles. The molecule has 1 aliphatic heterocycles. The van der Waals surface area contributed by atoms with E-state index in [0.29, 0.717) is 36.8 Å². The number of likely N-dealkylation sites (tertiary alicyclic amines) is 1. The van der Waals surface area contributed by atoms with Crippen LogP contribution in [0.2, 0.25) is 0 Å². The Balaban J connectivity index is 1.62. The number of aromatic nitrogens is 3. The predicted molar refractivity (Wildman–Crippen MR) is 85.4 cm³/mol. The molecular weight excluding hydrogens is 312 g/mol. The van der Waals surface area contributed by atoms with Crippen LogP contribution in [0.4, 0.5) is 0 Å². The van der Waals surface area contributed by atoms with Gasteiger partial charge < -0.3 is 10.0 Å². The van der Waals surface area contributed by atoms with Crippen LogP contribution in [-0.2, 0) is 16.1 Å². The Kier molecular flexibility index (Phi) is 4.54. The van der Waals surface area contributed by atoms with Crippen LogP contribution in [0.15, 0.2) is 29.1 Å². The lowest BCUT2D eigenvalue weighted by Gasteiger charge is -2.30. The van der Waals surface area contributed by atoms with Gasteiger partial charge in [-0.05, 0) is 25.0 Å². The number of carboxylic acids is 1. The molecule has 1 fully saturated rings. The highest BCUT2D eigenvalue weighted by Crippen LogP contribution is 2.17. The smallest absolute Gasteiger partial charge is 0.306 e. The van der Waals surface area contributed by atoms with E-state index in [1.165, 1.54) is 4.68 Å². The number of nitrogens with zero attached hydrogens (tertiary/aromatic N) is 4. The number of benzene rings is 1. The minimum atomic E-state index is -0.805. The van der Waals surface area contributed by atoms with Crippen molar-refractivity contribution in [3.63, 3.8) is 0 Å². The maximum atomic E-state index is 12.3. The molecule has 2 heterocycles. The van der Waals surface area contributed by atoms with Crippen molar-refractivity contribution in [2.24, 2.45) is 5.92 Å². The van der Waals surface area contributed by atoms with Gasteiger partial charge in [-0.25, -0.2) is 4.68 Å². The van der Waals surface area contributed by atoms with E-state index in [4.69, 9.17) is 5.11 Å². The number of carboxylic acid groups (broad SMARTS) is 1. The number of carbonyl (C=O) groups excluding carboxylic acids is 1. The van der Waals surface area contributed by atoms with Crippen LogP contribution >= 0.6 is 0 Å². The summed E-state index contributed by atoms with van der Waals surface area (Å²) in [7, 11) is 0. The van der Waals surface area contributed by atoms with Gasteiger partial charge in [-0.3, -0.25) is 14.4 Å². The lowest BCUT2D eigenvalue weighted by Crippen LogP contribution is -2.41. The second-order valence-electron chi connectivity index (χ2n) is 5.88. The van der Waals surface area contributed by atoms with E-state index < -0.39 is 5.97 Å². The molecule has 1 amide bonds. The lowest BCUT2D eigenvalue weighted by molar-refractivity contribution is -0.145. The van der Waals surface area contributed by atoms with Gasteiger partial charge in [0.1, 0.15) is 5.52 Å². The quantitative estimate of drug-likeness (QED) is 0.875. The summed E-state index contributed by atoms with van der Waals surface area (Å²) in [6, 6.07) is 6.94. The van der Waals surface area contributed by atoms with Crippen LogP contribution in [0.5, 0.6) is 0 Å². The molecule has 8 nitrogen and oxygen atoms in total. The number of hydrogen-bond donors (Lipinski definition) is 1. The molecule has 8 heteroatoms. The highest BCUT2D eigenvalue weighted by Gasteiger charge is 2.26. The van der Waals surface area contributed by atoms with Crippen molar-refractivity contribution in [3.8, 4) is 0 Å². The third-order valence-corrected chi connectivity index (χ3v) is 4.36. The Morgan fingerprint density at radius 2 is 1.92 bits per heavy atom. The number of rotatable bonds is 4. The Bertz CT molecular complexity index is 824. The average molecular weight is 330 g/mol. The Morgan fingerprint density at radius 3 is 2.62 bits per heavy atom. The van der Waals surface area contributed by atoms with Crippen LogP contribution in [0.25, 0.3) is 10.9 Å². The van der Waals surface area contributed by atoms with Crippen LogP contribution in [-0.4, -0.2) is 50.0 Å². The van der Waals surface area contributed by atoms with Gasteiger partial charge in [-0.2, -0.15) is 0 Å². The number of carbonyl (C=O) groups is 2. The van der Waals surface area contributed by atoms with E-state index in [2.05, 4.69) is 10.3 Å². The molecule has 2 aromatic rings. The molecule has 0 bridgehead atoms. The molecule has 0 unspecified atom stereocenters. The summed E-state index contributed by atoms with van der Waals surface area (Å²) in [5.41, 5.74) is 0.263. The first-order valence-corrected chi connectivity index (χ1v) is 7.89. The standard InChI is InChI=1S/C16H18N4O4/c21-14(19-8-5-11(6-9-19)16(23)24)7-10-20-15(22)12-3-1-2-4-13(12)17-18-20/h1-4,11H,5-10H2,(H,23,24). The fourth-order valence-corrected chi connectivity index (χ4v) is 2.91. The molecule has 1 aliphatic rings. The van der Waals surface area contributed by atoms with E-state index in [1.54, 1.807) is 29.2 Å². The lowest BCUT2D eigenvalue weighted by atomic mass is 9.97. The van der Waals surface area contributed by atoms with Crippen molar-refractivity contribution in [1.29, 1.82) is 0 Å². The van der Waals surface area contributed by atoms with Crippen LogP contribution in [0.3, 0.4) is 0 Å². The van der Waals surface area contributed by atoms with Crippen molar-refractivity contribution in [2.75, 3.05) is 13.1 Å². The van der Waals surface area contributed by atoms with Gasteiger partial charge in [-0.15, -0.1) is 5.10 Å². The molecule has 1 saturated heterocycles. The van der Waals surface area contributed by atoms with Crippen LogP contribution in [0.1, 0.15) is 19.3 Å². The molecule has 0 spiro atoms. The fourth-order valence-electron chi connectivity index (χ4n) is 2.91. The van der Waals surface area contributed by atoms with Crippen molar-refractivity contribution in [1.82, 2.24) is 19.9 Å². The average Bonchev–Trinajstić information content (AvgIpc) is 2.61. The fraction of sp³-hybridized carbons (Fsp3) is 0.438. The monoisotopic (exact) mass is 330 g/mol. The van der Waals surface area contributed by atoms with E-state index in [1.807, 2.05) is 0 Å². The highest BCUT2D eigenvalue weighted by atomic mass is 16.4. The van der Waals surface area contributed by atoms with Gasteiger partial charge in [-0.1, -0.05) is 17.3 Å². The number of aliphatic carboxylic acids is 1. The zero-order chi connectivity index (χ0) is 17.1. The second-order valence-corrected chi connectivity index (χ2v) is 5.88. The number of hydrogen-bond acceptors (Lipinski definition) is 5. The number of piperidine rings is 1. The van der Waals surface area contributed by atoms with Gasteiger partial charge in [0, 0.05) is 19.5 Å². The van der Waals surface area contributed by atoms with Crippen molar-refractivity contribution < 1.29 is 14.7 Å². The third-order valence-electron chi connectivity index (χ3n) is 4.36. The third kappa shape index (κ3) is 3.27. The van der Waals surface area contributed by atoms with Crippen molar-refractivity contribution in [2.45, 2.75) is 25.8 Å². The Hall–Kier alpha value is -2.77. The second kappa shape index (κ2) is 6.77. The largest absolute Gasteiger partial charge is 0.481 e. The van der Waals surface area contributed by atoms with Crippen LogP contribution < -0.4 is 5.56 Å². The van der Waals surface area contributed by atoms with Gasteiger partial charge in [0.2, 0.25) is 5.91 Å². The molecule has 3 rings (SSSR count). The van der Waals surface area contributed by atoms with Gasteiger partial charge in [0.15, 0.2) is 0 Å². The summed E-state index contributed by atoms with van der Waals surface area (Å²) >= 11 is 0. The zero-order valence-electron chi connectivity index (χ0n) is 13.1. The summed E-state index contributed by atoms with van der Waals surface area (Å²) in [6.45, 7) is 1.04. The minimum absolute atomic E-state index is 0.0966. The molecule has 0 saturated carbocycles. The van der Waals surface area contributed by atoms with E-state index in [-0.39, 0.29) is 30.3 Å². The van der Waals surface area contributed by atoms with Gasteiger partial charge in [0.05, 0.1) is 17.8 Å². The molecule has 0 atom stereocenters. The van der Waals surface area contributed by atoms with Gasteiger partial charge >= 0.3 is 5.97 Å². The maximum Gasteiger partial charge on any atom is 0.306 e. The molecule has 126 valence electrons. The number of amides is 1. The SMILES string of the molecule is O=C(O)C1CCN(C(=O)CCn2nnc3ccccc3c2=O)CC1. The number of fused-ring (bicyclic) bond motifs is 1. The predicted octanol–water partition coefficient (Wildman–Crippen LogP) is 0.505. The first kappa shape index (κ1) is 16.1. The molecule has 1 N–H and O–H groups in total. The molecule has 24 heavy (non-hydrogen) atoms. The summed E-state index contributed by atoms with van der Waals surface area (Å²) in [5, 5.41) is 17.3. The number of aryl methyl sites for hydroxylation is 1. The molecule has 0 radical (unpaired) electrons. The zero-order valence-corrected chi connectivity index (χ0v) is 13.1. The Labute approximate surface area is 137 Å². The van der Waals surface area contributed by atoms with E-state index >= 15 is 0 Å². The summed E-state index contributed by atoms with van der Waals surface area (Å²) in [4.78, 5) is 37.1. The molecule has 1 aromatic heterocycles. The molecule has 1 aromatic carbocycles. The maximum absolute atomic E-state index is 12.3. The molecular formula is C16H18N4O4. The van der Waals surface area contributed by atoms with E-state index in [9.17, 15) is 14.4 Å².